The minimum atomic E-state index is 0.558. The van der Waals surface area contributed by atoms with Crippen molar-refractivity contribution in [2.75, 3.05) is 0 Å². The number of hydrogen-bond acceptors (Lipinski definition) is 2. The molecule has 25 heavy (non-hydrogen) atoms. The van der Waals surface area contributed by atoms with E-state index < -0.39 is 0 Å². The van der Waals surface area contributed by atoms with E-state index in [2.05, 4.69) is 84.4 Å². The summed E-state index contributed by atoms with van der Waals surface area (Å²) >= 11 is 0. The van der Waals surface area contributed by atoms with Crippen molar-refractivity contribution in [3.05, 3.63) is 89.5 Å². The van der Waals surface area contributed by atoms with Crippen molar-refractivity contribution in [3.8, 4) is 11.3 Å². The van der Waals surface area contributed by atoms with Crippen LogP contribution in [0.5, 0.6) is 0 Å². The fraction of sp³-hybridized carbons (Fsp3) is 0.136. The highest BCUT2D eigenvalue weighted by Crippen LogP contribution is 2.28. The molecule has 0 aliphatic carbocycles. The topological polar surface area (TPSA) is 43.8 Å². The summed E-state index contributed by atoms with van der Waals surface area (Å²) in [5, 5.41) is 6.09. The van der Waals surface area contributed by atoms with Crippen LogP contribution < -0.4 is 5.73 Å². The van der Waals surface area contributed by atoms with Gasteiger partial charge in [-0.15, -0.1) is 0 Å². The van der Waals surface area contributed by atoms with Gasteiger partial charge >= 0.3 is 0 Å². The molecular weight excluding hydrogens is 306 g/mol. The van der Waals surface area contributed by atoms with Gasteiger partial charge in [0.2, 0.25) is 0 Å². The molecule has 3 aromatic carbocycles. The third kappa shape index (κ3) is 3.06. The SMILES string of the molecule is Cc1ccc(Cn2nc(-c3ccc(CN)cc3)c3ccccc32)cc1. The lowest BCUT2D eigenvalue weighted by Gasteiger charge is -2.04. The van der Waals surface area contributed by atoms with Crippen molar-refractivity contribution in [3.63, 3.8) is 0 Å². The van der Waals surface area contributed by atoms with Crippen molar-refractivity contribution >= 4 is 10.9 Å². The Bertz CT molecular complexity index is 996. The Balaban J connectivity index is 1.79. The van der Waals surface area contributed by atoms with Gasteiger partial charge in [0.25, 0.3) is 0 Å². The minimum absolute atomic E-state index is 0.558. The van der Waals surface area contributed by atoms with Crippen LogP contribution in [0.4, 0.5) is 0 Å². The number of rotatable bonds is 4. The van der Waals surface area contributed by atoms with Crippen LogP contribution in [0.15, 0.2) is 72.8 Å². The quantitative estimate of drug-likeness (QED) is 0.599. The smallest absolute Gasteiger partial charge is 0.100 e. The third-order valence-corrected chi connectivity index (χ3v) is 4.57. The van der Waals surface area contributed by atoms with Gasteiger partial charge in [-0.2, -0.15) is 5.10 Å². The highest BCUT2D eigenvalue weighted by Gasteiger charge is 2.12. The maximum atomic E-state index is 5.71. The van der Waals surface area contributed by atoms with Crippen LogP contribution in [-0.2, 0) is 13.1 Å². The van der Waals surface area contributed by atoms with Crippen LogP contribution in [0.3, 0.4) is 0 Å². The number of aromatic nitrogens is 2. The molecule has 0 saturated heterocycles. The van der Waals surface area contributed by atoms with E-state index in [0.29, 0.717) is 6.54 Å². The van der Waals surface area contributed by atoms with E-state index in [1.165, 1.54) is 16.5 Å². The first kappa shape index (κ1) is 15.6. The van der Waals surface area contributed by atoms with E-state index in [9.17, 15) is 0 Å². The molecule has 0 aliphatic rings. The molecule has 0 spiro atoms. The van der Waals surface area contributed by atoms with Gasteiger partial charge in [0, 0.05) is 17.5 Å². The van der Waals surface area contributed by atoms with Crippen LogP contribution in [0.2, 0.25) is 0 Å². The van der Waals surface area contributed by atoms with Gasteiger partial charge < -0.3 is 5.73 Å². The van der Waals surface area contributed by atoms with Gasteiger partial charge in [0.05, 0.1) is 12.1 Å². The average molecular weight is 327 g/mol. The summed E-state index contributed by atoms with van der Waals surface area (Å²) in [6, 6.07) is 25.4. The summed E-state index contributed by atoms with van der Waals surface area (Å²) in [7, 11) is 0. The Kier molecular flexibility index (Phi) is 4.08. The third-order valence-electron chi connectivity index (χ3n) is 4.57. The molecule has 1 heterocycles. The van der Waals surface area contributed by atoms with Crippen molar-refractivity contribution in [1.82, 2.24) is 9.78 Å². The highest BCUT2D eigenvalue weighted by molar-refractivity contribution is 5.93. The highest BCUT2D eigenvalue weighted by atomic mass is 15.3. The number of nitrogens with two attached hydrogens (primary N) is 1. The zero-order valence-electron chi connectivity index (χ0n) is 14.3. The Labute approximate surface area is 147 Å². The molecule has 4 rings (SSSR count). The lowest BCUT2D eigenvalue weighted by molar-refractivity contribution is 0.715. The largest absolute Gasteiger partial charge is 0.326 e. The van der Waals surface area contributed by atoms with Crippen molar-refractivity contribution in [2.24, 2.45) is 5.73 Å². The van der Waals surface area contributed by atoms with Crippen molar-refractivity contribution in [2.45, 2.75) is 20.0 Å². The van der Waals surface area contributed by atoms with Gasteiger partial charge in [0.1, 0.15) is 5.69 Å². The molecule has 4 aromatic rings. The Morgan fingerprint density at radius 2 is 1.52 bits per heavy atom. The van der Waals surface area contributed by atoms with Crippen LogP contribution in [-0.4, -0.2) is 9.78 Å². The monoisotopic (exact) mass is 327 g/mol. The summed E-state index contributed by atoms with van der Waals surface area (Å²) in [5.41, 5.74) is 12.7. The Hall–Kier alpha value is -2.91. The molecule has 3 nitrogen and oxygen atoms in total. The number of aryl methyl sites for hydroxylation is 1. The molecule has 0 atom stereocenters. The first-order chi connectivity index (χ1) is 12.2. The van der Waals surface area contributed by atoms with E-state index >= 15 is 0 Å². The molecule has 0 saturated carbocycles. The zero-order valence-corrected chi connectivity index (χ0v) is 14.3. The Morgan fingerprint density at radius 1 is 0.840 bits per heavy atom. The van der Waals surface area contributed by atoms with E-state index in [4.69, 9.17) is 10.8 Å². The Morgan fingerprint density at radius 3 is 2.24 bits per heavy atom. The predicted octanol–water partition coefficient (Wildman–Crippen LogP) is 4.52. The number of benzene rings is 3. The maximum absolute atomic E-state index is 5.71. The van der Waals surface area contributed by atoms with Gasteiger partial charge in [-0.25, -0.2) is 0 Å². The van der Waals surface area contributed by atoms with Gasteiger partial charge in [0.15, 0.2) is 0 Å². The van der Waals surface area contributed by atoms with Crippen LogP contribution in [0, 0.1) is 6.92 Å². The van der Waals surface area contributed by atoms with E-state index in [1.54, 1.807) is 0 Å². The fourth-order valence-corrected chi connectivity index (χ4v) is 3.13. The first-order valence-corrected chi connectivity index (χ1v) is 8.55. The fourth-order valence-electron chi connectivity index (χ4n) is 3.13. The predicted molar refractivity (Wildman–Crippen MR) is 103 cm³/mol. The molecule has 2 N–H and O–H groups in total. The minimum Gasteiger partial charge on any atom is -0.326 e. The number of nitrogens with zero attached hydrogens (tertiary/aromatic N) is 2. The molecule has 0 fully saturated rings. The second-order valence-corrected chi connectivity index (χ2v) is 6.41. The van der Waals surface area contributed by atoms with Gasteiger partial charge in [-0.05, 0) is 24.1 Å². The molecule has 0 unspecified atom stereocenters. The van der Waals surface area contributed by atoms with E-state index in [1.807, 2.05) is 0 Å². The number of para-hydroxylation sites is 1. The lowest BCUT2D eigenvalue weighted by atomic mass is 10.1. The van der Waals surface area contributed by atoms with Crippen LogP contribution in [0.25, 0.3) is 22.2 Å². The van der Waals surface area contributed by atoms with E-state index in [0.717, 1.165) is 28.9 Å². The molecule has 0 bridgehead atoms. The first-order valence-electron chi connectivity index (χ1n) is 8.55. The second-order valence-electron chi connectivity index (χ2n) is 6.41. The molecule has 3 heteroatoms. The summed E-state index contributed by atoms with van der Waals surface area (Å²) in [5.74, 6) is 0. The second kappa shape index (κ2) is 6.54. The molecule has 0 aliphatic heterocycles. The van der Waals surface area contributed by atoms with Crippen molar-refractivity contribution < 1.29 is 0 Å². The van der Waals surface area contributed by atoms with Crippen LogP contribution in [0.1, 0.15) is 16.7 Å². The summed E-state index contributed by atoms with van der Waals surface area (Å²) < 4.78 is 2.09. The summed E-state index contributed by atoms with van der Waals surface area (Å²) in [4.78, 5) is 0. The normalized spacial score (nSPS) is 11.1. The molecule has 0 radical (unpaired) electrons. The van der Waals surface area contributed by atoms with Gasteiger partial charge in [-0.3, -0.25) is 4.68 Å². The molecule has 0 amide bonds. The molecule has 1 aromatic heterocycles. The van der Waals surface area contributed by atoms with E-state index in [-0.39, 0.29) is 0 Å². The van der Waals surface area contributed by atoms with Crippen LogP contribution >= 0.6 is 0 Å². The standard InChI is InChI=1S/C22H21N3/c1-16-6-8-18(9-7-16)15-25-21-5-3-2-4-20(21)22(24-25)19-12-10-17(14-23)11-13-19/h2-13H,14-15,23H2,1H3. The average Bonchev–Trinajstić information content (AvgIpc) is 3.02. The maximum Gasteiger partial charge on any atom is 0.100 e. The molecule has 124 valence electrons. The zero-order chi connectivity index (χ0) is 17.2. The number of hydrogen-bond donors (Lipinski definition) is 1. The summed E-state index contributed by atoms with van der Waals surface area (Å²) in [6.07, 6.45) is 0. The number of fused-ring (bicyclic) bond motifs is 1. The van der Waals surface area contributed by atoms with Crippen molar-refractivity contribution in [1.29, 1.82) is 0 Å². The lowest BCUT2D eigenvalue weighted by Crippen LogP contribution is -2.01. The van der Waals surface area contributed by atoms with Gasteiger partial charge in [-0.1, -0.05) is 72.3 Å². The summed E-state index contributed by atoms with van der Waals surface area (Å²) in [6.45, 7) is 3.43. The molecular formula is C22H21N3.